The van der Waals surface area contributed by atoms with Crippen LogP contribution in [0.4, 0.5) is 0 Å². The van der Waals surface area contributed by atoms with Gasteiger partial charge in [-0.15, -0.1) is 0 Å². The normalized spacial score (nSPS) is 25.3. The van der Waals surface area contributed by atoms with Crippen molar-refractivity contribution in [2.24, 2.45) is 0 Å². The van der Waals surface area contributed by atoms with Gasteiger partial charge in [-0.1, -0.05) is 17.7 Å². The van der Waals surface area contributed by atoms with E-state index in [4.69, 9.17) is 0 Å². The Balaban J connectivity index is 1.59. The Hall–Kier alpha value is -1.19. The van der Waals surface area contributed by atoms with Gasteiger partial charge in [0.1, 0.15) is 0 Å². The van der Waals surface area contributed by atoms with Crippen LogP contribution >= 0.6 is 0 Å². The van der Waals surface area contributed by atoms with E-state index < -0.39 is 0 Å². The molecule has 0 spiro atoms. The molecule has 0 radical (unpaired) electrons. The van der Waals surface area contributed by atoms with Crippen LogP contribution in [0.15, 0.2) is 30.0 Å². The first kappa shape index (κ1) is 12.8. The molecule has 2 N–H and O–H groups in total. The summed E-state index contributed by atoms with van der Waals surface area (Å²) in [6.07, 6.45) is 10.5. The van der Waals surface area contributed by atoms with Crippen LogP contribution in [0.25, 0.3) is 0 Å². The van der Waals surface area contributed by atoms with Crippen LogP contribution in [0.2, 0.25) is 0 Å². The maximum Gasteiger partial charge on any atom is 0.0605 e. The average Bonchev–Trinajstić information content (AvgIpc) is 2.49. The minimum absolute atomic E-state index is 0.443. The zero-order chi connectivity index (χ0) is 12.9. The summed E-state index contributed by atoms with van der Waals surface area (Å²) in [5, 5.41) is 7.09. The van der Waals surface area contributed by atoms with E-state index in [-0.39, 0.29) is 0 Å². The highest BCUT2D eigenvalue weighted by atomic mass is 14.9. The van der Waals surface area contributed by atoms with E-state index in [2.05, 4.69) is 33.8 Å². The van der Waals surface area contributed by atoms with E-state index in [1.165, 1.54) is 49.9 Å². The molecule has 1 aliphatic heterocycles. The van der Waals surface area contributed by atoms with Crippen LogP contribution in [0, 0.1) is 0 Å². The fraction of sp³-hybridized carbons (Fsp3) is 0.562. The SMILES string of the molecule is C(/CNC1CCCc2cccnc21)=C1/CCCNC1. The van der Waals surface area contributed by atoms with Gasteiger partial charge >= 0.3 is 0 Å². The molecule has 2 aliphatic rings. The van der Waals surface area contributed by atoms with Gasteiger partial charge in [0.25, 0.3) is 0 Å². The summed E-state index contributed by atoms with van der Waals surface area (Å²) in [4.78, 5) is 4.57. The van der Waals surface area contributed by atoms with Gasteiger partial charge in [-0.05, 0) is 50.3 Å². The Morgan fingerprint density at radius 3 is 3.26 bits per heavy atom. The van der Waals surface area contributed by atoms with Gasteiger partial charge in [0.15, 0.2) is 0 Å². The predicted molar refractivity (Wildman–Crippen MR) is 78.1 cm³/mol. The number of aryl methyl sites for hydroxylation is 1. The molecule has 102 valence electrons. The molecule has 3 rings (SSSR count). The molecule has 1 atom stereocenters. The van der Waals surface area contributed by atoms with E-state index >= 15 is 0 Å². The van der Waals surface area contributed by atoms with Crippen molar-refractivity contribution in [2.45, 2.75) is 38.1 Å². The summed E-state index contributed by atoms with van der Waals surface area (Å²) in [6, 6.07) is 4.72. The monoisotopic (exact) mass is 257 g/mol. The molecule has 0 aromatic carbocycles. The first-order valence-electron chi connectivity index (χ1n) is 7.49. The second-order valence-electron chi connectivity index (χ2n) is 5.54. The van der Waals surface area contributed by atoms with Crippen LogP contribution in [-0.4, -0.2) is 24.6 Å². The number of pyridine rings is 1. The van der Waals surface area contributed by atoms with Gasteiger partial charge in [0.2, 0.25) is 0 Å². The fourth-order valence-electron chi connectivity index (χ4n) is 3.11. The highest BCUT2D eigenvalue weighted by molar-refractivity contribution is 5.25. The summed E-state index contributed by atoms with van der Waals surface area (Å²) < 4.78 is 0. The summed E-state index contributed by atoms with van der Waals surface area (Å²) in [5.41, 5.74) is 4.25. The van der Waals surface area contributed by atoms with Crippen molar-refractivity contribution in [1.29, 1.82) is 0 Å². The summed E-state index contributed by atoms with van der Waals surface area (Å²) >= 11 is 0. The van der Waals surface area contributed by atoms with Crippen molar-refractivity contribution < 1.29 is 0 Å². The minimum atomic E-state index is 0.443. The van der Waals surface area contributed by atoms with E-state index in [0.717, 1.165) is 13.1 Å². The minimum Gasteiger partial charge on any atom is -0.313 e. The van der Waals surface area contributed by atoms with Crippen molar-refractivity contribution >= 4 is 0 Å². The maximum absolute atomic E-state index is 4.57. The van der Waals surface area contributed by atoms with Crippen LogP contribution in [0.3, 0.4) is 0 Å². The number of piperidine rings is 1. The third kappa shape index (κ3) is 3.23. The number of hydrogen-bond acceptors (Lipinski definition) is 3. The quantitative estimate of drug-likeness (QED) is 0.816. The first-order chi connectivity index (χ1) is 9.43. The van der Waals surface area contributed by atoms with Crippen LogP contribution in [0.5, 0.6) is 0 Å². The molecular formula is C16H23N3. The Kier molecular flexibility index (Phi) is 4.26. The van der Waals surface area contributed by atoms with Gasteiger partial charge in [0, 0.05) is 19.3 Å². The molecule has 0 amide bonds. The van der Waals surface area contributed by atoms with Crippen molar-refractivity contribution in [3.8, 4) is 0 Å². The van der Waals surface area contributed by atoms with Crippen molar-refractivity contribution in [2.75, 3.05) is 19.6 Å². The Morgan fingerprint density at radius 2 is 2.37 bits per heavy atom. The molecule has 1 unspecified atom stereocenters. The summed E-state index contributed by atoms with van der Waals surface area (Å²) in [7, 11) is 0. The maximum atomic E-state index is 4.57. The van der Waals surface area contributed by atoms with E-state index in [1.54, 1.807) is 5.57 Å². The molecule has 1 aromatic heterocycles. The first-order valence-corrected chi connectivity index (χ1v) is 7.49. The molecule has 1 saturated heterocycles. The lowest BCUT2D eigenvalue weighted by atomic mass is 9.92. The van der Waals surface area contributed by atoms with Gasteiger partial charge in [0.05, 0.1) is 11.7 Å². The lowest BCUT2D eigenvalue weighted by Gasteiger charge is -2.25. The lowest BCUT2D eigenvalue weighted by molar-refractivity contribution is 0.466. The molecule has 3 heteroatoms. The number of rotatable bonds is 3. The van der Waals surface area contributed by atoms with E-state index in [9.17, 15) is 0 Å². The summed E-state index contributed by atoms with van der Waals surface area (Å²) in [5.74, 6) is 0. The van der Waals surface area contributed by atoms with E-state index in [1.807, 2.05) is 6.20 Å². The Morgan fingerprint density at radius 1 is 1.37 bits per heavy atom. The van der Waals surface area contributed by atoms with Gasteiger partial charge < -0.3 is 10.6 Å². The van der Waals surface area contributed by atoms with Gasteiger partial charge in [-0.3, -0.25) is 4.98 Å². The molecule has 0 saturated carbocycles. The molecule has 19 heavy (non-hydrogen) atoms. The molecule has 0 bridgehead atoms. The number of hydrogen-bond donors (Lipinski definition) is 2. The topological polar surface area (TPSA) is 37.0 Å². The van der Waals surface area contributed by atoms with Crippen LogP contribution in [-0.2, 0) is 6.42 Å². The smallest absolute Gasteiger partial charge is 0.0605 e. The van der Waals surface area contributed by atoms with Gasteiger partial charge in [-0.25, -0.2) is 0 Å². The predicted octanol–water partition coefficient (Wildman–Crippen LogP) is 2.36. The number of nitrogens with zero attached hydrogens (tertiary/aromatic N) is 1. The summed E-state index contributed by atoms with van der Waals surface area (Å²) in [6.45, 7) is 3.21. The largest absolute Gasteiger partial charge is 0.313 e. The zero-order valence-electron chi connectivity index (χ0n) is 11.5. The average molecular weight is 257 g/mol. The van der Waals surface area contributed by atoms with Crippen LogP contribution in [0.1, 0.15) is 43.0 Å². The third-order valence-electron chi connectivity index (χ3n) is 4.15. The van der Waals surface area contributed by atoms with Crippen molar-refractivity contribution in [1.82, 2.24) is 15.6 Å². The van der Waals surface area contributed by atoms with Crippen LogP contribution < -0.4 is 10.6 Å². The zero-order valence-corrected chi connectivity index (χ0v) is 11.5. The number of fused-ring (bicyclic) bond motifs is 1. The molecule has 3 nitrogen and oxygen atoms in total. The molecule has 1 aromatic rings. The van der Waals surface area contributed by atoms with Gasteiger partial charge in [-0.2, -0.15) is 0 Å². The molecule has 1 fully saturated rings. The molecule has 2 heterocycles. The highest BCUT2D eigenvalue weighted by Crippen LogP contribution is 2.27. The number of aromatic nitrogens is 1. The number of nitrogens with one attached hydrogen (secondary N) is 2. The second-order valence-corrected chi connectivity index (χ2v) is 5.54. The standard InChI is InChI=1S/C16H23N3/c1-5-14-6-3-10-19-16(14)15(7-1)18-11-8-13-4-2-9-17-12-13/h3,6,8,10,15,17-18H,1-2,4-5,7,9,11-12H2/b13-8+. The third-order valence-corrected chi connectivity index (χ3v) is 4.15. The molecule has 1 aliphatic carbocycles. The fourth-order valence-corrected chi connectivity index (χ4v) is 3.11. The van der Waals surface area contributed by atoms with E-state index in [0.29, 0.717) is 6.04 Å². The van der Waals surface area contributed by atoms with Crippen molar-refractivity contribution in [3.63, 3.8) is 0 Å². The molecular weight excluding hydrogens is 234 g/mol. The highest BCUT2D eigenvalue weighted by Gasteiger charge is 2.20. The Labute approximate surface area is 115 Å². The Bertz CT molecular complexity index is 445. The lowest BCUT2D eigenvalue weighted by Crippen LogP contribution is -2.28. The van der Waals surface area contributed by atoms with Crippen molar-refractivity contribution in [3.05, 3.63) is 41.2 Å². The second kappa shape index (κ2) is 6.31.